The van der Waals surface area contributed by atoms with Crippen molar-refractivity contribution in [2.24, 2.45) is 13.0 Å². The van der Waals surface area contributed by atoms with E-state index >= 15 is 0 Å². The second kappa shape index (κ2) is 7.55. The third-order valence-electron chi connectivity index (χ3n) is 7.66. The number of aliphatic hydroxyl groups is 1. The van der Waals surface area contributed by atoms with Crippen LogP contribution in [0.1, 0.15) is 30.1 Å². The number of rotatable bonds is 6. The van der Waals surface area contributed by atoms with Gasteiger partial charge in [0.05, 0.1) is 25.3 Å². The summed E-state index contributed by atoms with van der Waals surface area (Å²) in [7, 11) is 0.233. The molecule has 0 radical (unpaired) electrons. The van der Waals surface area contributed by atoms with Crippen LogP contribution in [0.5, 0.6) is 5.75 Å². The molecule has 0 amide bonds. The van der Waals surface area contributed by atoms with Crippen LogP contribution < -0.4 is 4.74 Å². The molecule has 3 aromatic rings. The Morgan fingerprint density at radius 3 is 2.64 bits per heavy atom. The average molecular weight is 488 g/mol. The third-order valence-corrected chi connectivity index (χ3v) is 10.8. The lowest BCUT2D eigenvalue weighted by Crippen LogP contribution is -2.67. The van der Waals surface area contributed by atoms with E-state index in [1.165, 1.54) is 29.7 Å². The molecule has 1 saturated heterocycles. The van der Waals surface area contributed by atoms with Gasteiger partial charge in [-0.2, -0.15) is 4.31 Å². The van der Waals surface area contributed by atoms with E-state index in [1.807, 2.05) is 17.5 Å². The first-order chi connectivity index (χ1) is 15.9. The van der Waals surface area contributed by atoms with Crippen LogP contribution >= 0.6 is 11.3 Å². The molecule has 4 heterocycles. The molecule has 7 nitrogen and oxygen atoms in total. The first-order valence-corrected chi connectivity index (χ1v) is 13.8. The molecule has 1 spiro atoms. The Balaban J connectivity index is 1.47. The zero-order valence-corrected chi connectivity index (χ0v) is 20.5. The number of hydrogen-bond donors (Lipinski definition) is 1. The van der Waals surface area contributed by atoms with E-state index in [0.29, 0.717) is 23.2 Å². The van der Waals surface area contributed by atoms with Gasteiger partial charge in [0.25, 0.3) is 10.0 Å². The average Bonchev–Trinajstić information content (AvgIpc) is 3.31. The molecule has 2 aliphatic heterocycles. The fraction of sp³-hybridized carbons (Fsp3) is 0.500. The lowest BCUT2D eigenvalue weighted by Gasteiger charge is -2.55. The van der Waals surface area contributed by atoms with E-state index in [-0.39, 0.29) is 18.1 Å². The predicted octanol–water partition coefficient (Wildman–Crippen LogP) is 2.95. The number of methoxy groups -OCH3 is 1. The van der Waals surface area contributed by atoms with Crippen molar-refractivity contribution in [2.75, 3.05) is 39.9 Å². The minimum absolute atomic E-state index is 0.0499. The van der Waals surface area contributed by atoms with Crippen molar-refractivity contribution in [3.8, 4) is 5.75 Å². The largest absolute Gasteiger partial charge is 0.497 e. The van der Waals surface area contributed by atoms with Crippen molar-refractivity contribution in [3.63, 3.8) is 0 Å². The number of fused-ring (bicyclic) bond motifs is 4. The monoisotopic (exact) mass is 487 g/mol. The molecule has 1 aromatic carbocycles. The first kappa shape index (κ1) is 21.6. The second-order valence-electron chi connectivity index (χ2n) is 9.76. The number of thiophene rings is 1. The van der Waals surface area contributed by atoms with Crippen molar-refractivity contribution in [3.05, 3.63) is 47.0 Å². The Kier molecular flexibility index (Phi) is 4.94. The van der Waals surface area contributed by atoms with Crippen LogP contribution in [0.3, 0.4) is 0 Å². The van der Waals surface area contributed by atoms with Crippen LogP contribution in [0.15, 0.2) is 39.9 Å². The molecule has 6 rings (SSSR count). The maximum atomic E-state index is 13.2. The number of benzene rings is 1. The highest BCUT2D eigenvalue weighted by Gasteiger charge is 2.56. The number of aryl methyl sites for hydroxylation is 1. The van der Waals surface area contributed by atoms with Crippen LogP contribution in [0.25, 0.3) is 10.9 Å². The van der Waals surface area contributed by atoms with Crippen molar-refractivity contribution < 1.29 is 18.3 Å². The molecule has 9 heteroatoms. The van der Waals surface area contributed by atoms with Crippen molar-refractivity contribution in [2.45, 2.75) is 28.5 Å². The lowest BCUT2D eigenvalue weighted by atomic mass is 9.70. The Hall–Kier alpha value is -1.91. The van der Waals surface area contributed by atoms with Crippen molar-refractivity contribution >= 4 is 32.3 Å². The minimum atomic E-state index is -3.48. The van der Waals surface area contributed by atoms with Gasteiger partial charge >= 0.3 is 0 Å². The van der Waals surface area contributed by atoms with E-state index in [2.05, 4.69) is 22.6 Å². The normalized spacial score (nSPS) is 23.1. The van der Waals surface area contributed by atoms with Crippen molar-refractivity contribution in [1.82, 2.24) is 13.8 Å². The molecule has 2 fully saturated rings. The van der Waals surface area contributed by atoms with Crippen molar-refractivity contribution in [1.29, 1.82) is 0 Å². The molecular weight excluding hydrogens is 458 g/mol. The SMILES string of the molecule is COc1ccc2c3c(n(C)c2c1)[C@H](CO)N(CC1CC1)CC31CN(S(=O)(=O)c2cccs2)C1. The first-order valence-electron chi connectivity index (χ1n) is 11.4. The maximum Gasteiger partial charge on any atom is 0.252 e. The molecule has 1 N–H and O–H groups in total. The molecule has 0 bridgehead atoms. The Morgan fingerprint density at radius 1 is 1.21 bits per heavy atom. The number of aliphatic hydroxyl groups excluding tert-OH is 1. The van der Waals surface area contributed by atoms with Crippen LogP contribution in [-0.2, 0) is 22.5 Å². The summed E-state index contributed by atoms with van der Waals surface area (Å²) in [5.74, 6) is 1.47. The second-order valence-corrected chi connectivity index (χ2v) is 12.9. The van der Waals surface area contributed by atoms with Crippen LogP contribution in [0.2, 0.25) is 0 Å². The van der Waals surface area contributed by atoms with Crippen LogP contribution in [-0.4, -0.2) is 67.2 Å². The summed E-state index contributed by atoms with van der Waals surface area (Å²) in [5, 5.41) is 13.4. The van der Waals surface area contributed by atoms with Gasteiger partial charge in [0.2, 0.25) is 0 Å². The number of sulfonamides is 1. The minimum Gasteiger partial charge on any atom is -0.497 e. The summed E-state index contributed by atoms with van der Waals surface area (Å²) in [4.78, 5) is 2.41. The standard InChI is InChI=1S/C24H29N3O4S2/c1-25-19-10-17(31-2)7-8-18(19)22-23(25)20(12-28)26(11-16-5-6-16)13-24(22)14-27(15-24)33(29,30)21-4-3-9-32-21/h3-4,7-10,16,20,28H,5-6,11-15H2,1-2H3/t20-/m0/s1. The molecule has 0 unspecified atom stereocenters. The van der Waals surface area contributed by atoms with E-state index in [9.17, 15) is 13.5 Å². The van der Waals surface area contributed by atoms with Gasteiger partial charge in [0.1, 0.15) is 9.96 Å². The zero-order chi connectivity index (χ0) is 23.0. The van der Waals surface area contributed by atoms with Gasteiger partial charge in [-0.1, -0.05) is 6.07 Å². The molecule has 2 aromatic heterocycles. The molecule has 1 atom stereocenters. The zero-order valence-electron chi connectivity index (χ0n) is 18.9. The van der Waals surface area contributed by atoms with E-state index in [4.69, 9.17) is 4.74 Å². The highest BCUT2D eigenvalue weighted by Crippen LogP contribution is 2.51. The summed E-state index contributed by atoms with van der Waals surface area (Å²) in [6, 6.07) is 9.49. The summed E-state index contributed by atoms with van der Waals surface area (Å²) in [5.41, 5.74) is 3.09. The van der Waals surface area contributed by atoms with Gasteiger partial charge in [-0.3, -0.25) is 4.90 Å². The fourth-order valence-electron chi connectivity index (χ4n) is 5.88. The van der Waals surface area contributed by atoms with Gasteiger partial charge in [-0.15, -0.1) is 11.3 Å². The number of aromatic nitrogens is 1. The van der Waals surface area contributed by atoms with Gasteiger partial charge < -0.3 is 14.4 Å². The van der Waals surface area contributed by atoms with Gasteiger partial charge in [0, 0.05) is 55.8 Å². The molecule has 1 saturated carbocycles. The highest BCUT2D eigenvalue weighted by atomic mass is 32.2. The number of ether oxygens (including phenoxy) is 1. The van der Waals surface area contributed by atoms with Crippen LogP contribution in [0.4, 0.5) is 0 Å². The Morgan fingerprint density at radius 2 is 2.00 bits per heavy atom. The predicted molar refractivity (Wildman–Crippen MR) is 128 cm³/mol. The van der Waals surface area contributed by atoms with Gasteiger partial charge in [-0.25, -0.2) is 8.42 Å². The Labute approximate surface area is 198 Å². The van der Waals surface area contributed by atoms with E-state index in [1.54, 1.807) is 23.5 Å². The summed E-state index contributed by atoms with van der Waals surface area (Å²) in [6.45, 7) is 2.70. The summed E-state index contributed by atoms with van der Waals surface area (Å²) >= 11 is 1.27. The molecule has 3 aliphatic rings. The van der Waals surface area contributed by atoms with E-state index < -0.39 is 10.0 Å². The molecule has 33 heavy (non-hydrogen) atoms. The Bertz CT molecular complexity index is 1310. The topological polar surface area (TPSA) is 75.0 Å². The third kappa shape index (κ3) is 3.20. The molecule has 176 valence electrons. The number of hydrogen-bond acceptors (Lipinski definition) is 6. The maximum absolute atomic E-state index is 13.2. The van der Waals surface area contributed by atoms with Gasteiger partial charge in [-0.05, 0) is 47.9 Å². The lowest BCUT2D eigenvalue weighted by molar-refractivity contribution is 0.0264. The molecular formula is C24H29N3O4S2. The van der Waals surface area contributed by atoms with E-state index in [0.717, 1.165) is 35.4 Å². The smallest absolute Gasteiger partial charge is 0.252 e. The quantitative estimate of drug-likeness (QED) is 0.579. The van der Waals surface area contributed by atoms with Gasteiger partial charge in [0.15, 0.2) is 0 Å². The number of nitrogens with zero attached hydrogens (tertiary/aromatic N) is 3. The fourth-order valence-corrected chi connectivity index (χ4v) is 8.64. The summed E-state index contributed by atoms with van der Waals surface area (Å²) < 4.78 is 36.1. The summed E-state index contributed by atoms with van der Waals surface area (Å²) in [6.07, 6.45) is 2.47. The molecule has 1 aliphatic carbocycles. The van der Waals surface area contributed by atoms with Crippen LogP contribution in [0, 0.1) is 5.92 Å². The highest BCUT2D eigenvalue weighted by molar-refractivity contribution is 7.91.